The summed E-state index contributed by atoms with van der Waals surface area (Å²) in [5.74, 6) is 0. The Morgan fingerprint density at radius 2 is 2.31 bits per heavy atom. The molecule has 1 atom stereocenters. The third-order valence-corrected chi connectivity index (χ3v) is 3.04. The predicted octanol–water partition coefficient (Wildman–Crippen LogP) is 2.95. The number of nitrogens with one attached hydrogen (secondary N) is 1. The second kappa shape index (κ2) is 3.76. The average Bonchev–Trinajstić information content (AvgIpc) is 2.29. The van der Waals surface area contributed by atoms with Gasteiger partial charge in [-0.3, -0.25) is 0 Å². The molecule has 1 unspecified atom stereocenters. The summed E-state index contributed by atoms with van der Waals surface area (Å²) in [5.41, 5.74) is 1.90. The molecule has 13 heavy (non-hydrogen) atoms. The molecule has 1 nitrogen and oxygen atoms in total. The highest BCUT2D eigenvalue weighted by molar-refractivity contribution is 9.10. The second-order valence-corrected chi connectivity index (χ2v) is 4.10. The zero-order valence-corrected chi connectivity index (χ0v) is 8.77. The lowest BCUT2D eigenvalue weighted by molar-refractivity contribution is 0.325. The molecule has 1 N–H and O–H groups in total. The van der Waals surface area contributed by atoms with Crippen LogP contribution in [0.25, 0.3) is 0 Å². The van der Waals surface area contributed by atoms with Gasteiger partial charge in [-0.15, -0.1) is 0 Å². The fourth-order valence-corrected chi connectivity index (χ4v) is 2.34. The van der Waals surface area contributed by atoms with Crippen molar-refractivity contribution in [2.24, 2.45) is 0 Å². The maximum absolute atomic E-state index is 13.6. The summed E-state index contributed by atoms with van der Waals surface area (Å²) in [6.07, 6.45) is -0.268. The normalized spacial score (nSPS) is 22.2. The Balaban J connectivity index is 2.48. The molecule has 0 fully saturated rings. The van der Waals surface area contributed by atoms with Gasteiger partial charge in [0.25, 0.3) is 0 Å². The first kappa shape index (κ1) is 9.16. The summed E-state index contributed by atoms with van der Waals surface area (Å²) >= 11 is 3.39. The molecule has 0 bridgehead atoms. The molecule has 0 spiro atoms. The van der Waals surface area contributed by atoms with Crippen LogP contribution in [0, 0.1) is 0 Å². The molecule has 1 aromatic rings. The third-order valence-electron chi connectivity index (χ3n) is 2.35. The minimum atomic E-state index is -0.833. The second-order valence-electron chi connectivity index (χ2n) is 3.25. The van der Waals surface area contributed by atoms with Crippen LogP contribution in [0.2, 0.25) is 0 Å². The van der Waals surface area contributed by atoms with E-state index in [2.05, 4.69) is 21.2 Å². The zero-order valence-electron chi connectivity index (χ0n) is 7.19. The fourth-order valence-electron chi connectivity index (χ4n) is 1.68. The van der Waals surface area contributed by atoms with Gasteiger partial charge in [-0.1, -0.05) is 28.1 Å². The lowest BCUT2D eigenvalue weighted by Gasteiger charge is -2.10. The Kier molecular flexibility index (Phi) is 2.65. The lowest BCUT2D eigenvalue weighted by atomic mass is 10.0. The Hall–Kier alpha value is -0.410. The van der Waals surface area contributed by atoms with Gasteiger partial charge in [0, 0.05) is 16.6 Å². The topological polar surface area (TPSA) is 12.0 Å². The molecule has 1 aliphatic heterocycles. The number of benzene rings is 1. The molecule has 0 radical (unpaired) electrons. The number of hydrogen-bond acceptors (Lipinski definition) is 1. The largest absolute Gasteiger partial charge is 0.313 e. The van der Waals surface area contributed by atoms with Gasteiger partial charge >= 0.3 is 0 Å². The number of fused-ring (bicyclic) bond motifs is 1. The van der Waals surface area contributed by atoms with Crippen LogP contribution < -0.4 is 5.32 Å². The molecule has 3 heteroatoms. The van der Waals surface area contributed by atoms with E-state index in [-0.39, 0.29) is 0 Å². The van der Waals surface area contributed by atoms with E-state index >= 15 is 0 Å². The number of rotatable bonds is 0. The van der Waals surface area contributed by atoms with Gasteiger partial charge in [0.1, 0.15) is 6.17 Å². The smallest absolute Gasteiger partial charge is 0.128 e. The standard InChI is InChI=1S/C10H11BrFN/c11-8-3-1-2-7-6-13-5-4-9(12)10(7)8/h1-3,9,13H,4-6H2. The highest BCUT2D eigenvalue weighted by Gasteiger charge is 2.19. The Morgan fingerprint density at radius 1 is 1.46 bits per heavy atom. The van der Waals surface area contributed by atoms with Crippen LogP contribution in [0.15, 0.2) is 22.7 Å². The first-order chi connectivity index (χ1) is 6.29. The van der Waals surface area contributed by atoms with Crippen molar-refractivity contribution in [1.29, 1.82) is 0 Å². The van der Waals surface area contributed by atoms with E-state index < -0.39 is 6.17 Å². The van der Waals surface area contributed by atoms with E-state index in [1.165, 1.54) is 0 Å². The molecule has 2 rings (SSSR count). The van der Waals surface area contributed by atoms with Gasteiger partial charge < -0.3 is 5.32 Å². The average molecular weight is 244 g/mol. The van der Waals surface area contributed by atoms with E-state index in [0.717, 1.165) is 28.7 Å². The van der Waals surface area contributed by atoms with E-state index in [4.69, 9.17) is 0 Å². The molecular formula is C10H11BrFN. The van der Waals surface area contributed by atoms with Crippen molar-refractivity contribution in [2.45, 2.75) is 19.1 Å². The summed E-state index contributed by atoms with van der Waals surface area (Å²) in [6, 6.07) is 5.82. The first-order valence-electron chi connectivity index (χ1n) is 4.41. The van der Waals surface area contributed by atoms with Crippen LogP contribution in [-0.2, 0) is 6.54 Å². The van der Waals surface area contributed by atoms with Gasteiger partial charge in [0.2, 0.25) is 0 Å². The molecule has 1 heterocycles. The monoisotopic (exact) mass is 243 g/mol. The summed E-state index contributed by atoms with van der Waals surface area (Å²) in [4.78, 5) is 0. The van der Waals surface area contributed by atoms with Crippen LogP contribution >= 0.6 is 15.9 Å². The maximum Gasteiger partial charge on any atom is 0.128 e. The van der Waals surface area contributed by atoms with Crippen LogP contribution in [0.3, 0.4) is 0 Å². The zero-order chi connectivity index (χ0) is 9.26. The number of halogens is 2. The number of hydrogen-bond donors (Lipinski definition) is 1. The molecule has 0 aromatic heterocycles. The minimum absolute atomic E-state index is 0.565. The summed E-state index contributed by atoms with van der Waals surface area (Å²) in [5, 5.41) is 3.20. The molecule has 1 aromatic carbocycles. The molecule has 70 valence electrons. The third kappa shape index (κ3) is 1.76. The van der Waals surface area contributed by atoms with Crippen molar-refractivity contribution in [1.82, 2.24) is 5.32 Å². The van der Waals surface area contributed by atoms with E-state index in [1.807, 2.05) is 18.2 Å². The molecule has 0 saturated carbocycles. The van der Waals surface area contributed by atoms with Gasteiger partial charge in [-0.05, 0) is 24.6 Å². The predicted molar refractivity (Wildman–Crippen MR) is 54.3 cm³/mol. The van der Waals surface area contributed by atoms with Crippen molar-refractivity contribution < 1.29 is 4.39 Å². The minimum Gasteiger partial charge on any atom is -0.313 e. The van der Waals surface area contributed by atoms with Crippen molar-refractivity contribution in [2.75, 3.05) is 6.54 Å². The van der Waals surface area contributed by atoms with E-state index in [9.17, 15) is 4.39 Å². The van der Waals surface area contributed by atoms with Crippen LogP contribution in [0.1, 0.15) is 23.7 Å². The summed E-state index contributed by atoms with van der Waals surface area (Å²) < 4.78 is 14.5. The quantitative estimate of drug-likeness (QED) is 0.739. The maximum atomic E-state index is 13.6. The van der Waals surface area contributed by atoms with Crippen molar-refractivity contribution >= 4 is 15.9 Å². The van der Waals surface area contributed by atoms with Gasteiger partial charge in [0.05, 0.1) is 0 Å². The van der Waals surface area contributed by atoms with Gasteiger partial charge in [-0.2, -0.15) is 0 Å². The van der Waals surface area contributed by atoms with E-state index in [1.54, 1.807) is 0 Å². The van der Waals surface area contributed by atoms with Crippen LogP contribution in [0.4, 0.5) is 4.39 Å². The van der Waals surface area contributed by atoms with Gasteiger partial charge in [0.15, 0.2) is 0 Å². The van der Waals surface area contributed by atoms with E-state index in [0.29, 0.717) is 6.42 Å². The molecule has 0 amide bonds. The number of alkyl halides is 1. The molecular weight excluding hydrogens is 233 g/mol. The Morgan fingerprint density at radius 3 is 3.15 bits per heavy atom. The van der Waals surface area contributed by atoms with Crippen molar-refractivity contribution in [3.05, 3.63) is 33.8 Å². The van der Waals surface area contributed by atoms with Crippen LogP contribution in [-0.4, -0.2) is 6.54 Å². The summed E-state index contributed by atoms with van der Waals surface area (Å²) in [7, 11) is 0. The Bertz CT molecular complexity index is 314. The molecule has 1 aliphatic rings. The SMILES string of the molecule is FC1CCNCc2cccc(Br)c21. The van der Waals surface area contributed by atoms with Crippen molar-refractivity contribution in [3.63, 3.8) is 0 Å². The molecule has 0 saturated heterocycles. The van der Waals surface area contributed by atoms with Crippen molar-refractivity contribution in [3.8, 4) is 0 Å². The first-order valence-corrected chi connectivity index (χ1v) is 5.20. The lowest BCUT2D eigenvalue weighted by Crippen LogP contribution is -2.11. The highest BCUT2D eigenvalue weighted by atomic mass is 79.9. The molecule has 0 aliphatic carbocycles. The Labute approximate surface area is 85.5 Å². The fraction of sp³-hybridized carbons (Fsp3) is 0.400. The van der Waals surface area contributed by atoms with Crippen LogP contribution in [0.5, 0.6) is 0 Å². The highest BCUT2D eigenvalue weighted by Crippen LogP contribution is 2.32. The van der Waals surface area contributed by atoms with Gasteiger partial charge in [-0.25, -0.2) is 4.39 Å². The summed E-state index contributed by atoms with van der Waals surface area (Å²) in [6.45, 7) is 1.53.